The van der Waals surface area contributed by atoms with E-state index in [0.29, 0.717) is 13.2 Å². The molecule has 3 aromatic carbocycles. The molecule has 0 radical (unpaired) electrons. The van der Waals surface area contributed by atoms with Gasteiger partial charge in [-0.3, -0.25) is 4.79 Å². The van der Waals surface area contributed by atoms with Crippen LogP contribution in [-0.2, 0) is 11.2 Å². The number of nitrogens with zero attached hydrogens (tertiary/aromatic N) is 1. The van der Waals surface area contributed by atoms with Gasteiger partial charge in [-0.1, -0.05) is 67.9 Å². The average Bonchev–Trinajstić information content (AvgIpc) is 2.82. The van der Waals surface area contributed by atoms with Gasteiger partial charge < -0.3 is 9.64 Å². The molecule has 3 aromatic rings. The Bertz CT molecular complexity index is 1000. The minimum absolute atomic E-state index is 0.0478. The fraction of sp³-hybridized carbons (Fsp3) is 0.321. The lowest BCUT2D eigenvalue weighted by Gasteiger charge is -2.48. The number of rotatable bonds is 10. The van der Waals surface area contributed by atoms with Gasteiger partial charge in [0.25, 0.3) is 0 Å². The Morgan fingerprint density at radius 1 is 0.875 bits per heavy atom. The summed E-state index contributed by atoms with van der Waals surface area (Å²) >= 11 is 0. The molecule has 0 aromatic heterocycles. The van der Waals surface area contributed by atoms with E-state index < -0.39 is 0 Å². The van der Waals surface area contributed by atoms with Crippen LogP contribution in [0, 0.1) is 5.82 Å². The van der Waals surface area contributed by atoms with Crippen molar-refractivity contribution in [2.75, 3.05) is 13.2 Å². The summed E-state index contributed by atoms with van der Waals surface area (Å²) in [7, 11) is 0. The van der Waals surface area contributed by atoms with Crippen molar-refractivity contribution in [3.63, 3.8) is 0 Å². The second-order valence-corrected chi connectivity index (χ2v) is 8.37. The molecule has 0 saturated carbocycles. The van der Waals surface area contributed by atoms with Crippen LogP contribution in [0.4, 0.5) is 4.39 Å². The van der Waals surface area contributed by atoms with E-state index in [1.807, 2.05) is 35.2 Å². The summed E-state index contributed by atoms with van der Waals surface area (Å²) in [6.45, 7) is 3.55. The van der Waals surface area contributed by atoms with Crippen molar-refractivity contribution in [3.05, 3.63) is 101 Å². The maximum absolute atomic E-state index is 13.5. The predicted octanol–water partition coefficient (Wildman–Crippen LogP) is 6.30. The summed E-state index contributed by atoms with van der Waals surface area (Å²) in [5, 5.41) is 0. The highest BCUT2D eigenvalue weighted by Crippen LogP contribution is 2.46. The van der Waals surface area contributed by atoms with Gasteiger partial charge in [-0.15, -0.1) is 0 Å². The summed E-state index contributed by atoms with van der Waals surface area (Å²) < 4.78 is 19.3. The van der Waals surface area contributed by atoms with E-state index in [0.717, 1.165) is 42.6 Å². The van der Waals surface area contributed by atoms with Gasteiger partial charge in [-0.2, -0.15) is 0 Å². The Hall–Kier alpha value is -3.14. The molecule has 3 nitrogen and oxygen atoms in total. The summed E-state index contributed by atoms with van der Waals surface area (Å²) in [6, 6.07) is 24.7. The maximum Gasteiger partial charge on any atom is 0.233 e. The molecule has 0 spiro atoms. The molecule has 2 atom stereocenters. The number of carbonyl (C=O) groups excluding carboxylic acids is 1. The zero-order valence-electron chi connectivity index (χ0n) is 18.5. The molecule has 0 aliphatic carbocycles. The number of ether oxygens (including phenoxy) is 1. The lowest BCUT2D eigenvalue weighted by molar-refractivity contribution is -0.150. The SMILES string of the molecule is CCCCOc1ccc(C2C(c3ccc(F)cc3)C(=O)N2CCCc2ccccc2)cc1. The van der Waals surface area contributed by atoms with Crippen molar-refractivity contribution in [3.8, 4) is 5.75 Å². The first-order chi connectivity index (χ1) is 15.7. The Morgan fingerprint density at radius 3 is 2.25 bits per heavy atom. The van der Waals surface area contributed by atoms with E-state index in [-0.39, 0.29) is 23.7 Å². The monoisotopic (exact) mass is 431 g/mol. The molecule has 1 saturated heterocycles. The molecule has 1 aliphatic heterocycles. The smallest absolute Gasteiger partial charge is 0.233 e. The number of β-lactam (4-membered cyclic amide) rings is 1. The first-order valence-corrected chi connectivity index (χ1v) is 11.5. The van der Waals surface area contributed by atoms with Gasteiger partial charge in [0.05, 0.1) is 18.6 Å². The van der Waals surface area contributed by atoms with Crippen LogP contribution in [0.3, 0.4) is 0 Å². The van der Waals surface area contributed by atoms with Crippen molar-refractivity contribution >= 4 is 5.91 Å². The average molecular weight is 432 g/mol. The van der Waals surface area contributed by atoms with Gasteiger partial charge in [0, 0.05) is 6.54 Å². The van der Waals surface area contributed by atoms with Gasteiger partial charge in [0.15, 0.2) is 0 Å². The summed E-state index contributed by atoms with van der Waals surface area (Å²) in [5.74, 6) is 0.393. The topological polar surface area (TPSA) is 29.5 Å². The van der Waals surface area contributed by atoms with E-state index >= 15 is 0 Å². The van der Waals surface area contributed by atoms with Crippen molar-refractivity contribution in [1.82, 2.24) is 4.90 Å². The molecule has 1 aliphatic rings. The van der Waals surface area contributed by atoms with Crippen LogP contribution in [-0.4, -0.2) is 24.0 Å². The Morgan fingerprint density at radius 2 is 1.56 bits per heavy atom. The fourth-order valence-electron chi connectivity index (χ4n) is 4.36. The molecule has 4 rings (SSSR count). The number of hydrogen-bond donors (Lipinski definition) is 0. The van der Waals surface area contributed by atoms with Gasteiger partial charge >= 0.3 is 0 Å². The molecule has 2 unspecified atom stereocenters. The van der Waals surface area contributed by atoms with Crippen LogP contribution >= 0.6 is 0 Å². The largest absolute Gasteiger partial charge is 0.494 e. The van der Waals surface area contributed by atoms with E-state index in [1.165, 1.54) is 17.7 Å². The lowest BCUT2D eigenvalue weighted by atomic mass is 9.77. The van der Waals surface area contributed by atoms with Crippen LogP contribution in [0.15, 0.2) is 78.9 Å². The third-order valence-electron chi connectivity index (χ3n) is 6.13. The number of amides is 1. The van der Waals surface area contributed by atoms with Crippen LogP contribution in [0.2, 0.25) is 0 Å². The van der Waals surface area contributed by atoms with Crippen LogP contribution in [0.1, 0.15) is 54.8 Å². The van der Waals surface area contributed by atoms with E-state index in [2.05, 4.69) is 31.2 Å². The molecule has 1 heterocycles. The normalized spacial score (nSPS) is 17.8. The Kier molecular flexibility index (Phi) is 7.21. The number of unbranched alkanes of at least 4 members (excludes halogenated alkanes) is 1. The molecule has 32 heavy (non-hydrogen) atoms. The zero-order valence-corrected chi connectivity index (χ0v) is 18.5. The molecule has 166 valence electrons. The lowest BCUT2D eigenvalue weighted by Crippen LogP contribution is -2.53. The second-order valence-electron chi connectivity index (χ2n) is 8.37. The molecule has 4 heteroatoms. The highest BCUT2D eigenvalue weighted by molar-refractivity contribution is 5.91. The van der Waals surface area contributed by atoms with Gasteiger partial charge in [0.2, 0.25) is 5.91 Å². The summed E-state index contributed by atoms with van der Waals surface area (Å²) in [4.78, 5) is 15.1. The zero-order chi connectivity index (χ0) is 22.3. The van der Waals surface area contributed by atoms with Gasteiger partial charge in [-0.25, -0.2) is 4.39 Å². The molecule has 0 bridgehead atoms. The van der Waals surface area contributed by atoms with E-state index in [1.54, 1.807) is 12.1 Å². The van der Waals surface area contributed by atoms with Crippen LogP contribution < -0.4 is 4.74 Å². The van der Waals surface area contributed by atoms with Crippen molar-refractivity contribution in [1.29, 1.82) is 0 Å². The van der Waals surface area contributed by atoms with Crippen molar-refractivity contribution in [2.24, 2.45) is 0 Å². The predicted molar refractivity (Wildman–Crippen MR) is 125 cm³/mol. The van der Waals surface area contributed by atoms with Crippen molar-refractivity contribution in [2.45, 2.75) is 44.6 Å². The molecular formula is C28H30FNO2. The summed E-state index contributed by atoms with van der Waals surface area (Å²) in [6.07, 6.45) is 3.96. The fourth-order valence-corrected chi connectivity index (χ4v) is 4.36. The standard InChI is InChI=1S/C28H30FNO2/c1-2-3-20-32-25-17-13-23(14-18-25)27-26(22-11-15-24(29)16-12-22)28(31)30(27)19-7-10-21-8-5-4-6-9-21/h4-6,8-9,11-18,26-27H,2-3,7,10,19-20H2,1H3. The number of carbonyl (C=O) groups is 1. The van der Waals surface area contributed by atoms with E-state index in [9.17, 15) is 9.18 Å². The molecule has 1 amide bonds. The third-order valence-corrected chi connectivity index (χ3v) is 6.13. The highest BCUT2D eigenvalue weighted by atomic mass is 19.1. The minimum Gasteiger partial charge on any atom is -0.494 e. The molecular weight excluding hydrogens is 401 g/mol. The van der Waals surface area contributed by atoms with Crippen LogP contribution in [0.25, 0.3) is 0 Å². The maximum atomic E-state index is 13.5. The number of aryl methyl sites for hydroxylation is 1. The number of benzene rings is 3. The first kappa shape index (κ1) is 22.1. The molecule has 0 N–H and O–H groups in total. The third kappa shape index (κ3) is 5.01. The quantitative estimate of drug-likeness (QED) is 0.278. The first-order valence-electron chi connectivity index (χ1n) is 11.5. The van der Waals surface area contributed by atoms with Gasteiger partial charge in [-0.05, 0) is 60.2 Å². The van der Waals surface area contributed by atoms with Gasteiger partial charge in [0.1, 0.15) is 11.6 Å². The summed E-state index contributed by atoms with van der Waals surface area (Å²) in [5.41, 5.74) is 3.23. The van der Waals surface area contributed by atoms with Crippen molar-refractivity contribution < 1.29 is 13.9 Å². The Balaban J connectivity index is 1.50. The second kappa shape index (κ2) is 10.4. The number of hydrogen-bond acceptors (Lipinski definition) is 2. The van der Waals surface area contributed by atoms with Crippen LogP contribution in [0.5, 0.6) is 5.75 Å². The highest BCUT2D eigenvalue weighted by Gasteiger charge is 2.48. The molecule has 1 fully saturated rings. The minimum atomic E-state index is -0.287. The number of halogens is 1. The van der Waals surface area contributed by atoms with E-state index in [4.69, 9.17) is 4.74 Å². The number of likely N-dealkylation sites (tertiary alicyclic amines) is 1. The Labute approximate surface area is 189 Å².